The number of hydrogen-bond acceptors (Lipinski definition) is 8. The second kappa shape index (κ2) is 14.9. The fourth-order valence-corrected chi connectivity index (χ4v) is 6.42. The second-order valence-corrected chi connectivity index (χ2v) is 13.6. The van der Waals surface area contributed by atoms with Crippen molar-refractivity contribution in [2.45, 2.75) is 63.1 Å². The molecule has 0 bridgehead atoms. The first-order valence-corrected chi connectivity index (χ1v) is 16.6. The minimum Gasteiger partial charge on any atom is -0.444 e. The van der Waals surface area contributed by atoms with Crippen molar-refractivity contribution in [2.75, 3.05) is 41.9 Å². The standard InChI is InChI=1S/C35H38F3N3O6S/c1-34(2,3)47-33(44)39-28-22-48-31-15-9-25(30(42)14-8-23-4-10-26(11-5-23)40-16-18-45-19-17-40)20-29(31)41(32(28)43)21-24-6-12-27(13-7-24)46-35(36,37)38/h4-7,9-13,15,20,28H,8,14,16-19,21-22H2,1-3H3,(H,39,44)/t28-/m0/s1. The van der Waals surface area contributed by atoms with Crippen LogP contribution < -0.4 is 19.9 Å². The van der Waals surface area contributed by atoms with Gasteiger partial charge in [-0.05, 0) is 74.7 Å². The number of thioether (sulfide) groups is 1. The highest BCUT2D eigenvalue weighted by atomic mass is 32.2. The average Bonchev–Trinajstić information content (AvgIpc) is 3.15. The van der Waals surface area contributed by atoms with Gasteiger partial charge in [0.25, 0.3) is 5.91 Å². The number of alkyl halides is 3. The number of rotatable bonds is 9. The zero-order valence-electron chi connectivity index (χ0n) is 27.0. The van der Waals surface area contributed by atoms with Crippen molar-refractivity contribution < 1.29 is 41.8 Å². The molecule has 0 radical (unpaired) electrons. The molecule has 256 valence electrons. The number of nitrogens with zero attached hydrogens (tertiary/aromatic N) is 2. The maximum Gasteiger partial charge on any atom is 0.573 e. The lowest BCUT2D eigenvalue weighted by Crippen LogP contribution is -2.50. The highest BCUT2D eigenvalue weighted by molar-refractivity contribution is 7.99. The number of ketones is 1. The Labute approximate surface area is 281 Å². The van der Waals surface area contributed by atoms with Crippen molar-refractivity contribution in [1.29, 1.82) is 0 Å². The zero-order valence-corrected chi connectivity index (χ0v) is 27.8. The van der Waals surface area contributed by atoms with E-state index >= 15 is 0 Å². The lowest BCUT2D eigenvalue weighted by atomic mass is 10.0. The van der Waals surface area contributed by atoms with Crippen molar-refractivity contribution in [3.8, 4) is 5.75 Å². The number of nitrogens with one attached hydrogen (secondary N) is 1. The van der Waals surface area contributed by atoms with E-state index in [0.717, 1.165) is 24.3 Å². The summed E-state index contributed by atoms with van der Waals surface area (Å²) >= 11 is 1.35. The molecule has 48 heavy (non-hydrogen) atoms. The van der Waals surface area contributed by atoms with Gasteiger partial charge in [-0.3, -0.25) is 9.59 Å². The third-order valence-corrected chi connectivity index (χ3v) is 8.84. The molecule has 1 fully saturated rings. The molecule has 2 amide bonds. The molecule has 0 unspecified atom stereocenters. The summed E-state index contributed by atoms with van der Waals surface area (Å²) in [6, 6.07) is 17.6. The fraction of sp³-hybridized carbons (Fsp3) is 0.400. The van der Waals surface area contributed by atoms with Gasteiger partial charge >= 0.3 is 12.5 Å². The van der Waals surface area contributed by atoms with Gasteiger partial charge in [-0.15, -0.1) is 24.9 Å². The molecule has 1 atom stereocenters. The monoisotopic (exact) mass is 685 g/mol. The maximum atomic E-state index is 14.0. The smallest absolute Gasteiger partial charge is 0.444 e. The molecule has 0 saturated carbocycles. The van der Waals surface area contributed by atoms with E-state index in [-0.39, 0.29) is 24.5 Å². The molecule has 0 spiro atoms. The van der Waals surface area contributed by atoms with E-state index in [9.17, 15) is 27.6 Å². The van der Waals surface area contributed by atoms with Gasteiger partial charge in [0.1, 0.15) is 17.4 Å². The lowest BCUT2D eigenvalue weighted by molar-refractivity contribution is -0.274. The van der Waals surface area contributed by atoms with Crippen LogP contribution in [0.3, 0.4) is 0 Å². The molecule has 5 rings (SSSR count). The number of fused-ring (bicyclic) bond motifs is 1. The third kappa shape index (κ3) is 9.66. The molecule has 9 nitrogen and oxygen atoms in total. The summed E-state index contributed by atoms with van der Waals surface area (Å²) < 4.78 is 52.9. The number of aryl methyl sites for hydroxylation is 1. The van der Waals surface area contributed by atoms with Crippen LogP contribution in [-0.4, -0.2) is 67.8 Å². The molecule has 1 N–H and O–H groups in total. The summed E-state index contributed by atoms with van der Waals surface area (Å²) in [6.45, 7) is 8.17. The number of amides is 2. The van der Waals surface area contributed by atoms with E-state index < -0.39 is 35.8 Å². The first-order chi connectivity index (χ1) is 22.7. The molecule has 0 aromatic heterocycles. The summed E-state index contributed by atoms with van der Waals surface area (Å²) in [5.74, 6) is -0.743. The number of alkyl carbamates (subject to hydrolysis) is 1. The van der Waals surface area contributed by atoms with Gasteiger partial charge < -0.3 is 29.3 Å². The number of carbonyl (C=O) groups excluding carboxylic acids is 3. The van der Waals surface area contributed by atoms with Crippen molar-refractivity contribution in [3.63, 3.8) is 0 Å². The molecule has 3 aromatic carbocycles. The zero-order chi connectivity index (χ0) is 34.5. The SMILES string of the molecule is CC(C)(C)OC(=O)N[C@H]1CSc2ccc(C(=O)CCc3ccc(N4CCOCC4)cc3)cc2N(Cc2ccc(OC(F)(F)F)cc2)C1=O. The highest BCUT2D eigenvalue weighted by Crippen LogP contribution is 2.37. The Morgan fingerprint density at radius 3 is 2.27 bits per heavy atom. The summed E-state index contributed by atoms with van der Waals surface area (Å²) in [7, 11) is 0. The quantitative estimate of drug-likeness (QED) is 0.247. The van der Waals surface area contributed by atoms with E-state index in [2.05, 4.69) is 27.1 Å². The molecule has 13 heteroatoms. The van der Waals surface area contributed by atoms with Gasteiger partial charge in [0.05, 0.1) is 25.4 Å². The maximum absolute atomic E-state index is 14.0. The number of anilines is 2. The van der Waals surface area contributed by atoms with Crippen molar-refractivity contribution >= 4 is 40.9 Å². The van der Waals surface area contributed by atoms with Crippen molar-refractivity contribution in [3.05, 3.63) is 83.4 Å². The van der Waals surface area contributed by atoms with Crippen LogP contribution in [0.5, 0.6) is 5.75 Å². The van der Waals surface area contributed by atoms with E-state index in [1.165, 1.54) is 40.9 Å². The largest absolute Gasteiger partial charge is 0.573 e. The summed E-state index contributed by atoms with van der Waals surface area (Å²) in [4.78, 5) is 44.5. The predicted octanol–water partition coefficient (Wildman–Crippen LogP) is 6.77. The topological polar surface area (TPSA) is 97.4 Å². The Kier molecular flexibility index (Phi) is 10.9. The Morgan fingerprint density at radius 2 is 1.62 bits per heavy atom. The first-order valence-electron chi connectivity index (χ1n) is 15.6. The van der Waals surface area contributed by atoms with E-state index in [0.29, 0.717) is 41.3 Å². The van der Waals surface area contributed by atoms with Gasteiger partial charge in [0.15, 0.2) is 5.78 Å². The van der Waals surface area contributed by atoms with Crippen LogP contribution in [0, 0.1) is 0 Å². The third-order valence-electron chi connectivity index (χ3n) is 7.68. The van der Waals surface area contributed by atoms with E-state index in [1.807, 2.05) is 12.1 Å². The summed E-state index contributed by atoms with van der Waals surface area (Å²) in [5.41, 5.74) is 2.76. The molecule has 2 heterocycles. The second-order valence-electron chi connectivity index (χ2n) is 12.5. The van der Waals surface area contributed by atoms with E-state index in [1.54, 1.807) is 39.0 Å². The fourth-order valence-electron chi connectivity index (χ4n) is 5.37. The van der Waals surface area contributed by atoms with Crippen LogP contribution in [0.15, 0.2) is 71.6 Å². The minimum absolute atomic E-state index is 0.0294. The lowest BCUT2D eigenvalue weighted by Gasteiger charge is -2.28. The number of carbonyl (C=O) groups is 3. The normalized spacial score (nSPS) is 17.0. The molecular weight excluding hydrogens is 647 g/mol. The Bertz CT molecular complexity index is 1600. The minimum atomic E-state index is -4.84. The Morgan fingerprint density at radius 1 is 0.958 bits per heavy atom. The van der Waals surface area contributed by atoms with Crippen LogP contribution in [-0.2, 0) is 27.2 Å². The van der Waals surface area contributed by atoms with Gasteiger partial charge in [-0.1, -0.05) is 30.3 Å². The molecule has 1 saturated heterocycles. The number of Topliss-reactive ketones (excluding diaryl/α,β-unsaturated/α-hetero) is 1. The molecular formula is C35H38F3N3O6S. The summed E-state index contributed by atoms with van der Waals surface area (Å²) in [6.07, 6.45) is -4.81. The number of benzene rings is 3. The van der Waals surface area contributed by atoms with Crippen LogP contribution in [0.1, 0.15) is 48.7 Å². The van der Waals surface area contributed by atoms with Gasteiger partial charge in [0, 0.05) is 41.4 Å². The van der Waals surface area contributed by atoms with Crippen LogP contribution in [0.4, 0.5) is 29.3 Å². The predicted molar refractivity (Wildman–Crippen MR) is 177 cm³/mol. The number of halogens is 3. The van der Waals surface area contributed by atoms with Crippen LogP contribution in [0.25, 0.3) is 0 Å². The molecule has 3 aromatic rings. The molecule has 2 aliphatic heterocycles. The van der Waals surface area contributed by atoms with Crippen LogP contribution in [0.2, 0.25) is 0 Å². The van der Waals surface area contributed by atoms with Gasteiger partial charge in [-0.2, -0.15) is 0 Å². The first kappa shape index (κ1) is 35.1. The number of ether oxygens (including phenoxy) is 3. The Balaban J connectivity index is 1.35. The number of morpholine rings is 1. The van der Waals surface area contributed by atoms with Crippen molar-refractivity contribution in [2.24, 2.45) is 0 Å². The van der Waals surface area contributed by atoms with Gasteiger partial charge in [0.2, 0.25) is 0 Å². The average molecular weight is 686 g/mol. The molecule has 0 aliphatic carbocycles. The molecule has 2 aliphatic rings. The van der Waals surface area contributed by atoms with E-state index in [4.69, 9.17) is 9.47 Å². The Hall–Kier alpha value is -4.23. The summed E-state index contributed by atoms with van der Waals surface area (Å²) in [5, 5.41) is 2.66. The number of hydrogen-bond donors (Lipinski definition) is 1. The van der Waals surface area contributed by atoms with Crippen LogP contribution >= 0.6 is 11.8 Å². The van der Waals surface area contributed by atoms with Gasteiger partial charge in [-0.25, -0.2) is 4.79 Å². The highest BCUT2D eigenvalue weighted by Gasteiger charge is 2.34. The van der Waals surface area contributed by atoms with Crippen molar-refractivity contribution in [1.82, 2.24) is 5.32 Å².